The summed E-state index contributed by atoms with van der Waals surface area (Å²) in [5.41, 5.74) is 4.28. The molecule has 0 radical (unpaired) electrons. The standard InChI is InChI=1S/C35H41N5O4/c1-4-12-31(39(3)33(42)21-25-13-7-6-8-14-25)35(44)37-28-18-17-27-22-29(38-30(27)23-28)26(5-2)15-9-10-19-36-34(43)32-16-11-20-40(32)24-41/h5-10,13-15,17-19,22-24,31-32,38H,4,11-12,16,20-21H2,1-3H3,(H,36,43)(H,37,44)/b15-9-,19-10+,26-5+. The second-order valence-electron chi connectivity index (χ2n) is 10.9. The van der Waals surface area contributed by atoms with Crippen LogP contribution >= 0.6 is 0 Å². The summed E-state index contributed by atoms with van der Waals surface area (Å²) in [4.78, 5) is 56.2. The number of rotatable bonds is 13. The highest BCUT2D eigenvalue weighted by molar-refractivity contribution is 5.99. The number of hydrogen-bond donors (Lipinski definition) is 3. The van der Waals surface area contributed by atoms with E-state index in [0.717, 1.165) is 47.0 Å². The van der Waals surface area contributed by atoms with Crippen molar-refractivity contribution in [2.45, 2.75) is 58.0 Å². The summed E-state index contributed by atoms with van der Waals surface area (Å²) in [6.45, 7) is 4.56. The van der Waals surface area contributed by atoms with Crippen molar-refractivity contribution in [3.8, 4) is 0 Å². The maximum absolute atomic E-state index is 13.3. The normalized spacial score (nSPS) is 16.0. The third-order valence-corrected chi connectivity index (χ3v) is 7.88. The van der Waals surface area contributed by atoms with Gasteiger partial charge in [0.1, 0.15) is 12.1 Å². The topological polar surface area (TPSA) is 115 Å². The third kappa shape index (κ3) is 8.12. The molecule has 2 aromatic carbocycles. The van der Waals surface area contributed by atoms with Crippen LogP contribution in [0.3, 0.4) is 0 Å². The molecule has 9 nitrogen and oxygen atoms in total. The van der Waals surface area contributed by atoms with E-state index in [9.17, 15) is 19.2 Å². The Balaban J connectivity index is 1.38. The van der Waals surface area contributed by atoms with E-state index < -0.39 is 12.1 Å². The van der Waals surface area contributed by atoms with E-state index in [1.54, 1.807) is 24.2 Å². The van der Waals surface area contributed by atoms with Gasteiger partial charge in [0.15, 0.2) is 0 Å². The van der Waals surface area contributed by atoms with Gasteiger partial charge in [0.2, 0.25) is 24.1 Å². The minimum absolute atomic E-state index is 0.100. The molecule has 44 heavy (non-hydrogen) atoms. The lowest BCUT2D eigenvalue weighted by molar-refractivity contribution is -0.136. The zero-order chi connectivity index (χ0) is 31.5. The number of amides is 4. The van der Waals surface area contributed by atoms with Crippen molar-refractivity contribution < 1.29 is 19.2 Å². The number of benzene rings is 2. The van der Waals surface area contributed by atoms with E-state index >= 15 is 0 Å². The zero-order valence-electron chi connectivity index (χ0n) is 25.6. The monoisotopic (exact) mass is 595 g/mol. The Hall–Kier alpha value is -4.92. The predicted octanol–water partition coefficient (Wildman–Crippen LogP) is 5.19. The lowest BCUT2D eigenvalue weighted by Gasteiger charge is -2.27. The van der Waals surface area contributed by atoms with E-state index in [-0.39, 0.29) is 24.1 Å². The molecule has 1 fully saturated rings. The van der Waals surface area contributed by atoms with Crippen LogP contribution in [0.2, 0.25) is 0 Å². The molecule has 2 unspecified atom stereocenters. The highest BCUT2D eigenvalue weighted by Gasteiger charge is 2.29. The van der Waals surface area contributed by atoms with Crippen molar-refractivity contribution in [2.75, 3.05) is 18.9 Å². The van der Waals surface area contributed by atoms with Crippen LogP contribution in [0.5, 0.6) is 0 Å². The van der Waals surface area contributed by atoms with Gasteiger partial charge in [-0.2, -0.15) is 0 Å². The minimum atomic E-state index is -0.578. The Labute approximate surface area is 258 Å². The molecule has 3 aromatic rings. The van der Waals surface area contributed by atoms with Crippen molar-refractivity contribution in [3.63, 3.8) is 0 Å². The van der Waals surface area contributed by atoms with Crippen molar-refractivity contribution in [2.24, 2.45) is 0 Å². The van der Waals surface area contributed by atoms with E-state index in [4.69, 9.17) is 0 Å². The van der Waals surface area contributed by atoms with Gasteiger partial charge in [-0.25, -0.2) is 0 Å². The quantitative estimate of drug-likeness (QED) is 0.186. The molecule has 2 heterocycles. The molecule has 0 aliphatic carbocycles. The van der Waals surface area contributed by atoms with Crippen LogP contribution in [0, 0.1) is 0 Å². The van der Waals surface area contributed by atoms with Gasteiger partial charge in [-0.05, 0) is 61.6 Å². The van der Waals surface area contributed by atoms with Gasteiger partial charge in [-0.1, -0.05) is 68.0 Å². The van der Waals surface area contributed by atoms with E-state index in [2.05, 4.69) is 15.6 Å². The first kappa shape index (κ1) is 32.0. The summed E-state index contributed by atoms with van der Waals surface area (Å²) >= 11 is 0. The lowest BCUT2D eigenvalue weighted by Crippen LogP contribution is -2.45. The van der Waals surface area contributed by atoms with Gasteiger partial charge in [-0.3, -0.25) is 19.2 Å². The Morgan fingerprint density at radius 2 is 1.91 bits per heavy atom. The smallest absolute Gasteiger partial charge is 0.247 e. The minimum Gasteiger partial charge on any atom is -0.354 e. The molecule has 4 amide bonds. The van der Waals surface area contributed by atoms with Crippen molar-refractivity contribution in [1.82, 2.24) is 20.1 Å². The van der Waals surface area contributed by atoms with Crippen LogP contribution in [-0.4, -0.2) is 64.6 Å². The zero-order valence-corrected chi connectivity index (χ0v) is 25.6. The lowest BCUT2D eigenvalue weighted by atomic mass is 10.1. The average molecular weight is 596 g/mol. The van der Waals surface area contributed by atoms with Crippen molar-refractivity contribution in [3.05, 3.63) is 96.4 Å². The molecule has 2 atom stereocenters. The first-order valence-electron chi connectivity index (χ1n) is 15.1. The Morgan fingerprint density at radius 3 is 2.64 bits per heavy atom. The summed E-state index contributed by atoms with van der Waals surface area (Å²) in [5.74, 6) is -0.503. The predicted molar refractivity (Wildman–Crippen MR) is 174 cm³/mol. The number of carbonyl (C=O) groups is 4. The molecular formula is C35H41N5O4. The molecule has 0 spiro atoms. The molecule has 1 saturated heterocycles. The first-order valence-corrected chi connectivity index (χ1v) is 15.1. The summed E-state index contributed by atoms with van der Waals surface area (Å²) in [5, 5.41) is 6.75. The summed E-state index contributed by atoms with van der Waals surface area (Å²) < 4.78 is 0. The Bertz CT molecular complexity index is 1560. The Kier molecular flexibility index (Phi) is 11.3. The van der Waals surface area contributed by atoms with E-state index in [1.807, 2.05) is 86.7 Å². The third-order valence-electron chi connectivity index (χ3n) is 7.88. The fourth-order valence-electron chi connectivity index (χ4n) is 5.41. The molecule has 0 saturated carbocycles. The second-order valence-corrected chi connectivity index (χ2v) is 10.9. The SMILES string of the molecule is C\C=C(/C=C\C=C\NC(=O)C1CCCN1C=O)c1cc2ccc(NC(=O)C(CCC)N(C)C(=O)Cc3ccccc3)cc2[nH]1. The number of nitrogens with one attached hydrogen (secondary N) is 3. The summed E-state index contributed by atoms with van der Waals surface area (Å²) in [6, 6.07) is 16.3. The first-order chi connectivity index (χ1) is 21.3. The van der Waals surface area contributed by atoms with Gasteiger partial charge in [0.05, 0.1) is 6.42 Å². The molecule has 9 heteroatoms. The number of anilines is 1. The molecule has 230 valence electrons. The number of fused-ring (bicyclic) bond motifs is 1. The van der Waals surface area contributed by atoms with Gasteiger partial charge in [0.25, 0.3) is 0 Å². The number of H-pyrrole nitrogens is 1. The maximum atomic E-state index is 13.3. The number of nitrogens with zero attached hydrogens (tertiary/aromatic N) is 2. The molecule has 1 aliphatic heterocycles. The fraction of sp³-hybridized carbons (Fsp3) is 0.314. The van der Waals surface area contributed by atoms with Crippen LogP contribution in [0.15, 0.2) is 85.1 Å². The number of hydrogen-bond acceptors (Lipinski definition) is 4. The van der Waals surface area contributed by atoms with Crippen LogP contribution in [0.1, 0.15) is 50.8 Å². The van der Waals surface area contributed by atoms with Gasteiger partial charge in [0, 0.05) is 42.1 Å². The number of likely N-dealkylation sites (tertiary alicyclic amines) is 1. The number of aromatic nitrogens is 1. The number of likely N-dealkylation sites (N-methyl/N-ethyl adjacent to an activating group) is 1. The van der Waals surface area contributed by atoms with Crippen molar-refractivity contribution in [1.29, 1.82) is 0 Å². The summed E-state index contributed by atoms with van der Waals surface area (Å²) in [7, 11) is 1.69. The number of aromatic amines is 1. The van der Waals surface area contributed by atoms with Gasteiger partial charge in [-0.15, -0.1) is 0 Å². The van der Waals surface area contributed by atoms with Crippen LogP contribution in [0.4, 0.5) is 5.69 Å². The van der Waals surface area contributed by atoms with Gasteiger partial charge >= 0.3 is 0 Å². The van der Waals surface area contributed by atoms with Crippen molar-refractivity contribution >= 4 is 46.3 Å². The largest absolute Gasteiger partial charge is 0.354 e. The molecule has 0 bridgehead atoms. The molecule has 1 aromatic heterocycles. The van der Waals surface area contributed by atoms with Crippen LogP contribution < -0.4 is 10.6 Å². The van der Waals surface area contributed by atoms with Crippen LogP contribution in [-0.2, 0) is 25.6 Å². The summed E-state index contributed by atoms with van der Waals surface area (Å²) in [6.07, 6.45) is 12.9. The highest BCUT2D eigenvalue weighted by atomic mass is 16.2. The van der Waals surface area contributed by atoms with Crippen LogP contribution in [0.25, 0.3) is 16.5 Å². The molecule has 3 N–H and O–H groups in total. The second kappa shape index (κ2) is 15.5. The fourth-order valence-corrected chi connectivity index (χ4v) is 5.41. The van der Waals surface area contributed by atoms with E-state index in [1.165, 1.54) is 4.90 Å². The Morgan fingerprint density at radius 1 is 1.11 bits per heavy atom. The van der Waals surface area contributed by atoms with Gasteiger partial charge < -0.3 is 25.4 Å². The van der Waals surface area contributed by atoms with E-state index in [0.29, 0.717) is 25.1 Å². The maximum Gasteiger partial charge on any atom is 0.247 e. The average Bonchev–Trinajstić information content (AvgIpc) is 3.68. The highest BCUT2D eigenvalue weighted by Crippen LogP contribution is 2.25. The molecule has 4 rings (SSSR count). The number of carbonyl (C=O) groups excluding carboxylic acids is 4. The molecule has 1 aliphatic rings. The molecular weight excluding hydrogens is 554 g/mol. The number of allylic oxidation sites excluding steroid dienone is 5.